The Morgan fingerprint density at radius 1 is 1.27 bits per heavy atom. The predicted molar refractivity (Wildman–Crippen MR) is 112 cm³/mol. The molecule has 142 valence electrons. The van der Waals surface area contributed by atoms with E-state index in [2.05, 4.69) is 51.6 Å². The van der Waals surface area contributed by atoms with Crippen LogP contribution in [-0.4, -0.2) is 17.8 Å². The highest BCUT2D eigenvalue weighted by molar-refractivity contribution is 5.58. The average Bonchev–Trinajstić information content (AvgIpc) is 3.05. The van der Waals surface area contributed by atoms with Crippen LogP contribution in [0.2, 0.25) is 0 Å². The monoisotopic (exact) mass is 354 g/mol. The minimum absolute atomic E-state index is 0.174. The molecule has 1 atom stereocenters. The number of aromatic hydroxyl groups is 1. The van der Waals surface area contributed by atoms with Crippen molar-refractivity contribution in [3.05, 3.63) is 58.2 Å². The number of phenols is 1. The lowest BCUT2D eigenvalue weighted by Crippen LogP contribution is -2.13. The van der Waals surface area contributed by atoms with Crippen LogP contribution in [0.15, 0.2) is 41.5 Å². The van der Waals surface area contributed by atoms with Gasteiger partial charge in [0.1, 0.15) is 5.75 Å². The molecule has 26 heavy (non-hydrogen) atoms. The fourth-order valence-corrected chi connectivity index (χ4v) is 3.60. The van der Waals surface area contributed by atoms with Gasteiger partial charge in [0, 0.05) is 0 Å². The highest BCUT2D eigenvalue weighted by Gasteiger charge is 2.23. The Morgan fingerprint density at radius 2 is 1.92 bits per heavy atom. The molecule has 1 aromatic rings. The van der Waals surface area contributed by atoms with Crippen LogP contribution in [-0.2, 0) is 4.74 Å². The van der Waals surface area contributed by atoms with Crippen LogP contribution in [0.3, 0.4) is 0 Å². The van der Waals surface area contributed by atoms with Gasteiger partial charge in [-0.2, -0.15) is 0 Å². The SMILES string of the molecule is C=C(C1=CCOC1CC/C(=C/c1cc(C)c(O)c(C)c1)CCC)C(C)C. The van der Waals surface area contributed by atoms with E-state index in [1.54, 1.807) is 0 Å². The molecule has 1 heterocycles. The molecule has 2 nitrogen and oxygen atoms in total. The summed E-state index contributed by atoms with van der Waals surface area (Å²) in [4.78, 5) is 0. The Morgan fingerprint density at radius 3 is 2.50 bits per heavy atom. The third kappa shape index (κ3) is 5.11. The number of aryl methyl sites for hydroxylation is 2. The molecule has 0 fully saturated rings. The lowest BCUT2D eigenvalue weighted by Gasteiger charge is -2.19. The van der Waals surface area contributed by atoms with Gasteiger partial charge in [0.15, 0.2) is 0 Å². The van der Waals surface area contributed by atoms with Gasteiger partial charge in [-0.25, -0.2) is 0 Å². The minimum Gasteiger partial charge on any atom is -0.507 e. The van der Waals surface area contributed by atoms with Crippen molar-refractivity contribution in [1.82, 2.24) is 0 Å². The van der Waals surface area contributed by atoms with E-state index in [9.17, 15) is 5.11 Å². The fraction of sp³-hybridized carbons (Fsp3) is 0.500. The van der Waals surface area contributed by atoms with Crippen molar-refractivity contribution in [2.45, 2.75) is 66.4 Å². The van der Waals surface area contributed by atoms with Crippen molar-refractivity contribution in [3.63, 3.8) is 0 Å². The predicted octanol–water partition coefficient (Wildman–Crippen LogP) is 6.51. The van der Waals surface area contributed by atoms with Gasteiger partial charge in [0.25, 0.3) is 0 Å². The first-order chi connectivity index (χ1) is 12.3. The van der Waals surface area contributed by atoms with Gasteiger partial charge in [-0.15, -0.1) is 0 Å². The van der Waals surface area contributed by atoms with E-state index in [1.165, 1.54) is 22.3 Å². The summed E-state index contributed by atoms with van der Waals surface area (Å²) in [5.74, 6) is 0.861. The third-order valence-corrected chi connectivity index (χ3v) is 5.20. The Hall–Kier alpha value is -1.80. The van der Waals surface area contributed by atoms with Gasteiger partial charge >= 0.3 is 0 Å². The van der Waals surface area contributed by atoms with Crippen LogP contribution in [0, 0.1) is 19.8 Å². The molecule has 0 radical (unpaired) electrons. The number of hydrogen-bond acceptors (Lipinski definition) is 2. The van der Waals surface area contributed by atoms with Crippen molar-refractivity contribution < 1.29 is 9.84 Å². The standard InChI is InChI=1S/C24H34O2/c1-7-8-20(15-21-13-17(4)24(25)18(5)14-21)9-10-23-22(11-12-26-23)19(6)16(2)3/h11,13-16,23,25H,6-10,12H2,1-5H3/b20-15+. The smallest absolute Gasteiger partial charge is 0.121 e. The molecule has 2 rings (SSSR count). The number of rotatable bonds is 8. The maximum absolute atomic E-state index is 9.99. The van der Waals surface area contributed by atoms with Gasteiger partial charge in [-0.3, -0.25) is 0 Å². The largest absolute Gasteiger partial charge is 0.507 e. The zero-order chi connectivity index (χ0) is 19.3. The Kier molecular flexibility index (Phi) is 7.28. The Balaban J connectivity index is 2.11. The van der Waals surface area contributed by atoms with Crippen LogP contribution in [0.25, 0.3) is 6.08 Å². The number of ether oxygens (including phenoxy) is 1. The van der Waals surface area contributed by atoms with Crippen LogP contribution in [0.1, 0.15) is 63.1 Å². The molecule has 1 aromatic carbocycles. The number of phenolic OH excluding ortho intramolecular Hbond substituents is 1. The summed E-state index contributed by atoms with van der Waals surface area (Å²) in [5.41, 5.74) is 7.00. The van der Waals surface area contributed by atoms with Crippen molar-refractivity contribution in [3.8, 4) is 5.75 Å². The molecule has 1 aliphatic rings. The summed E-state index contributed by atoms with van der Waals surface area (Å²) in [7, 11) is 0. The first kappa shape index (κ1) is 20.5. The fourth-order valence-electron chi connectivity index (χ4n) is 3.60. The van der Waals surface area contributed by atoms with Gasteiger partial charge in [0.05, 0.1) is 12.7 Å². The minimum atomic E-state index is 0.174. The maximum Gasteiger partial charge on any atom is 0.121 e. The molecule has 1 N–H and O–H groups in total. The summed E-state index contributed by atoms with van der Waals surface area (Å²) in [5, 5.41) is 9.99. The van der Waals surface area contributed by atoms with E-state index in [0.717, 1.165) is 36.8 Å². The summed E-state index contributed by atoms with van der Waals surface area (Å²) in [6, 6.07) is 4.13. The molecular formula is C24H34O2. The Labute approximate surface area is 159 Å². The Bertz CT molecular complexity index is 684. The van der Waals surface area contributed by atoms with Gasteiger partial charge < -0.3 is 9.84 Å². The molecule has 0 aromatic heterocycles. The summed E-state index contributed by atoms with van der Waals surface area (Å²) in [6.07, 6.45) is 8.92. The molecule has 0 bridgehead atoms. The molecule has 2 heteroatoms. The van der Waals surface area contributed by atoms with Crippen LogP contribution >= 0.6 is 0 Å². The van der Waals surface area contributed by atoms with E-state index < -0.39 is 0 Å². The summed E-state index contributed by atoms with van der Waals surface area (Å²) in [6.45, 7) is 15.5. The zero-order valence-corrected chi connectivity index (χ0v) is 17.1. The molecule has 1 unspecified atom stereocenters. The van der Waals surface area contributed by atoms with Crippen molar-refractivity contribution in [2.75, 3.05) is 6.61 Å². The van der Waals surface area contributed by atoms with Crippen molar-refractivity contribution >= 4 is 6.08 Å². The lowest BCUT2D eigenvalue weighted by molar-refractivity contribution is 0.116. The second-order valence-electron chi connectivity index (χ2n) is 7.76. The molecule has 1 aliphatic heterocycles. The first-order valence-corrected chi connectivity index (χ1v) is 9.84. The highest BCUT2D eigenvalue weighted by Crippen LogP contribution is 2.31. The molecule has 0 aliphatic carbocycles. The van der Waals surface area contributed by atoms with Crippen LogP contribution < -0.4 is 0 Å². The van der Waals surface area contributed by atoms with Gasteiger partial charge in [0.2, 0.25) is 0 Å². The highest BCUT2D eigenvalue weighted by atomic mass is 16.5. The van der Waals surface area contributed by atoms with Gasteiger partial charge in [-0.1, -0.05) is 51.5 Å². The van der Waals surface area contributed by atoms with Crippen molar-refractivity contribution in [2.24, 2.45) is 5.92 Å². The van der Waals surface area contributed by atoms with Gasteiger partial charge in [-0.05, 0) is 79.0 Å². The quantitative estimate of drug-likeness (QED) is 0.576. The second-order valence-corrected chi connectivity index (χ2v) is 7.76. The van der Waals surface area contributed by atoms with E-state index in [1.807, 2.05) is 13.8 Å². The molecular weight excluding hydrogens is 320 g/mol. The number of benzene rings is 1. The number of allylic oxidation sites excluding steroid dienone is 1. The van der Waals surface area contributed by atoms with Crippen molar-refractivity contribution in [1.29, 1.82) is 0 Å². The molecule has 0 spiro atoms. The summed E-state index contributed by atoms with van der Waals surface area (Å²) >= 11 is 0. The maximum atomic E-state index is 9.99. The summed E-state index contributed by atoms with van der Waals surface area (Å²) < 4.78 is 5.96. The van der Waals surface area contributed by atoms with E-state index in [-0.39, 0.29) is 6.10 Å². The first-order valence-electron chi connectivity index (χ1n) is 9.84. The zero-order valence-electron chi connectivity index (χ0n) is 17.1. The van der Waals surface area contributed by atoms with E-state index in [0.29, 0.717) is 18.3 Å². The van der Waals surface area contributed by atoms with Crippen LogP contribution in [0.5, 0.6) is 5.75 Å². The number of hydrogen-bond donors (Lipinski definition) is 1. The van der Waals surface area contributed by atoms with Crippen LogP contribution in [0.4, 0.5) is 0 Å². The van der Waals surface area contributed by atoms with E-state index in [4.69, 9.17) is 4.74 Å². The van der Waals surface area contributed by atoms with E-state index >= 15 is 0 Å². The normalized spacial score (nSPS) is 17.7. The average molecular weight is 355 g/mol. The molecule has 0 amide bonds. The topological polar surface area (TPSA) is 29.5 Å². The lowest BCUT2D eigenvalue weighted by atomic mass is 9.90. The molecule has 0 saturated carbocycles. The third-order valence-electron chi connectivity index (χ3n) is 5.20. The second kappa shape index (κ2) is 9.23. The molecule has 0 saturated heterocycles.